The number of nitrogens with zero attached hydrogens (tertiary/aromatic N) is 4. The lowest BCUT2D eigenvalue weighted by atomic mass is 10.2. The first-order chi connectivity index (χ1) is 18.6. The number of carbonyl (C=O) groups is 5. The predicted octanol–water partition coefficient (Wildman–Crippen LogP) is -1.51. The zero-order valence-electron chi connectivity index (χ0n) is 22.5. The fraction of sp³-hybridized carbons (Fsp3) is 0.792. The summed E-state index contributed by atoms with van der Waals surface area (Å²) < 4.78 is 0. The maximum Gasteiger partial charge on any atom is 0.317 e. The summed E-state index contributed by atoms with van der Waals surface area (Å²) in [5.74, 6) is -3.41. The van der Waals surface area contributed by atoms with Gasteiger partial charge in [-0.1, -0.05) is 12.8 Å². The van der Waals surface area contributed by atoms with Crippen molar-refractivity contribution < 1.29 is 39.3 Å². The molecule has 0 bridgehead atoms. The fourth-order valence-electron chi connectivity index (χ4n) is 4.15. The Morgan fingerprint density at radius 1 is 0.513 bits per heavy atom. The highest BCUT2D eigenvalue weighted by atomic mass is 35.5. The lowest BCUT2D eigenvalue weighted by Gasteiger charge is -2.32. The summed E-state index contributed by atoms with van der Waals surface area (Å²) in [5, 5.41) is 33.4. The van der Waals surface area contributed by atoms with Crippen molar-refractivity contribution in [3.63, 3.8) is 0 Å². The fourth-order valence-corrected chi connectivity index (χ4v) is 4.24. The summed E-state index contributed by atoms with van der Waals surface area (Å²) in [6, 6.07) is 0. The molecule has 0 aromatic heterocycles. The summed E-state index contributed by atoms with van der Waals surface area (Å²) in [6.07, 6.45) is 3.43. The summed E-state index contributed by atoms with van der Waals surface area (Å²) >= 11 is 5.43. The number of hydrogen-bond acceptors (Lipinski definition) is 9. The molecule has 1 saturated heterocycles. The minimum Gasteiger partial charge on any atom is -0.480 e. The van der Waals surface area contributed by atoms with Gasteiger partial charge in [0.25, 0.3) is 0 Å². The van der Waals surface area contributed by atoms with Crippen LogP contribution >= 0.6 is 11.6 Å². The molecule has 0 aliphatic carbocycles. The normalized spacial score (nSPS) is 17.1. The molecule has 0 spiro atoms. The van der Waals surface area contributed by atoms with Crippen molar-refractivity contribution in [1.82, 2.24) is 30.2 Å². The molecule has 1 rings (SSSR count). The highest BCUT2D eigenvalue weighted by molar-refractivity contribution is 6.27. The molecule has 1 fully saturated rings. The lowest BCUT2D eigenvalue weighted by molar-refractivity contribution is -0.140. The molecule has 224 valence electrons. The van der Waals surface area contributed by atoms with Gasteiger partial charge in [-0.15, -0.1) is 11.6 Å². The van der Waals surface area contributed by atoms with Crippen LogP contribution in [0.25, 0.3) is 0 Å². The van der Waals surface area contributed by atoms with Gasteiger partial charge in [0.05, 0.1) is 26.2 Å². The zero-order valence-corrected chi connectivity index (χ0v) is 23.2. The van der Waals surface area contributed by atoms with Crippen LogP contribution in [-0.4, -0.2) is 162 Å². The standard InChI is InChI=1S/C24H43ClN6O8/c25-15-20(32)26-5-3-1-2-4-6-27-21(33)16-28-7-9-29(17-22(34)35)11-13-31(19-24(38)39)14-12-30(10-8-28)18-23(36)37/h1-19H2,(H,26,32)(H,27,33)(H,34,35)(H,36,37)(H,38,39). The number of carbonyl (C=O) groups excluding carboxylic acids is 2. The van der Waals surface area contributed by atoms with Crippen LogP contribution in [0, 0.1) is 0 Å². The Bertz CT molecular complexity index is 758. The van der Waals surface area contributed by atoms with Gasteiger partial charge in [0, 0.05) is 65.4 Å². The topological polar surface area (TPSA) is 183 Å². The highest BCUT2D eigenvalue weighted by Gasteiger charge is 2.21. The van der Waals surface area contributed by atoms with E-state index in [0.717, 1.165) is 25.7 Å². The molecule has 0 aromatic carbocycles. The molecule has 1 heterocycles. The van der Waals surface area contributed by atoms with Crippen LogP contribution in [0.15, 0.2) is 0 Å². The van der Waals surface area contributed by atoms with Gasteiger partial charge in [-0.25, -0.2) is 0 Å². The van der Waals surface area contributed by atoms with Crippen molar-refractivity contribution in [2.45, 2.75) is 25.7 Å². The van der Waals surface area contributed by atoms with Crippen LogP contribution in [0.4, 0.5) is 0 Å². The first-order valence-corrected chi connectivity index (χ1v) is 13.8. The van der Waals surface area contributed by atoms with Crippen molar-refractivity contribution in [2.75, 3.05) is 97.5 Å². The SMILES string of the molecule is O=C(O)CN1CCN(CC(=O)O)CCN(CC(=O)NCCCCCCNC(=O)CCl)CCN(CC(=O)O)CC1. The predicted molar refractivity (Wildman–Crippen MR) is 144 cm³/mol. The molecular weight excluding hydrogens is 536 g/mol. The van der Waals surface area contributed by atoms with E-state index in [2.05, 4.69) is 10.6 Å². The second-order valence-corrected chi connectivity index (χ2v) is 9.80. The molecule has 0 radical (unpaired) electrons. The number of carboxylic acid groups (broad SMARTS) is 3. The number of halogens is 1. The summed E-state index contributed by atoms with van der Waals surface area (Å²) in [6.45, 7) is 3.35. The molecule has 0 saturated carbocycles. The third-order valence-electron chi connectivity index (χ3n) is 6.24. The average Bonchev–Trinajstić information content (AvgIpc) is 2.86. The van der Waals surface area contributed by atoms with E-state index in [-0.39, 0.29) is 43.9 Å². The number of carboxylic acids is 3. The van der Waals surface area contributed by atoms with Gasteiger partial charge < -0.3 is 26.0 Å². The minimum atomic E-state index is -1.01. The Morgan fingerprint density at radius 2 is 0.821 bits per heavy atom. The third-order valence-corrected chi connectivity index (χ3v) is 6.49. The lowest BCUT2D eigenvalue weighted by Crippen LogP contribution is -2.49. The van der Waals surface area contributed by atoms with Gasteiger partial charge in [-0.05, 0) is 12.8 Å². The van der Waals surface area contributed by atoms with Crippen molar-refractivity contribution in [3.05, 3.63) is 0 Å². The van der Waals surface area contributed by atoms with E-state index >= 15 is 0 Å². The summed E-state index contributed by atoms with van der Waals surface area (Å²) in [4.78, 5) is 64.7. The molecule has 14 nitrogen and oxygen atoms in total. The van der Waals surface area contributed by atoms with Gasteiger partial charge >= 0.3 is 17.9 Å². The molecule has 2 amide bonds. The van der Waals surface area contributed by atoms with Crippen molar-refractivity contribution in [3.8, 4) is 0 Å². The van der Waals surface area contributed by atoms with E-state index in [1.807, 2.05) is 4.90 Å². The Labute approximate surface area is 234 Å². The van der Waals surface area contributed by atoms with Crippen LogP contribution in [0.1, 0.15) is 25.7 Å². The largest absolute Gasteiger partial charge is 0.480 e. The molecule has 0 atom stereocenters. The number of unbranched alkanes of at least 4 members (excludes halogenated alkanes) is 3. The van der Waals surface area contributed by atoms with E-state index in [4.69, 9.17) is 11.6 Å². The van der Waals surface area contributed by atoms with E-state index < -0.39 is 17.9 Å². The molecule has 0 aromatic rings. The van der Waals surface area contributed by atoms with Gasteiger partial charge in [-0.3, -0.25) is 43.6 Å². The van der Waals surface area contributed by atoms with Crippen molar-refractivity contribution in [1.29, 1.82) is 0 Å². The maximum absolute atomic E-state index is 12.6. The number of rotatable bonds is 16. The van der Waals surface area contributed by atoms with E-state index in [9.17, 15) is 39.3 Å². The smallest absolute Gasteiger partial charge is 0.317 e. The van der Waals surface area contributed by atoms with Crippen LogP contribution in [0.3, 0.4) is 0 Å². The van der Waals surface area contributed by atoms with Gasteiger partial charge in [-0.2, -0.15) is 0 Å². The zero-order chi connectivity index (χ0) is 29.0. The number of hydrogen-bond donors (Lipinski definition) is 5. The van der Waals surface area contributed by atoms with E-state index in [1.54, 1.807) is 14.7 Å². The van der Waals surface area contributed by atoms with E-state index in [0.29, 0.717) is 65.4 Å². The monoisotopic (exact) mass is 578 g/mol. The van der Waals surface area contributed by atoms with Crippen LogP contribution < -0.4 is 10.6 Å². The minimum absolute atomic E-state index is 0.0520. The molecular formula is C24H43ClN6O8. The summed E-state index contributed by atoms with van der Waals surface area (Å²) in [7, 11) is 0. The number of amides is 2. The molecule has 1 aliphatic heterocycles. The Balaban J connectivity index is 2.65. The van der Waals surface area contributed by atoms with Gasteiger partial charge in [0.2, 0.25) is 11.8 Å². The van der Waals surface area contributed by atoms with E-state index in [1.165, 1.54) is 0 Å². The molecule has 15 heteroatoms. The average molecular weight is 579 g/mol. The second-order valence-electron chi connectivity index (χ2n) is 9.53. The highest BCUT2D eigenvalue weighted by Crippen LogP contribution is 2.02. The van der Waals surface area contributed by atoms with Crippen molar-refractivity contribution in [2.24, 2.45) is 0 Å². The number of alkyl halides is 1. The van der Waals surface area contributed by atoms with Crippen LogP contribution in [-0.2, 0) is 24.0 Å². The number of aliphatic carboxylic acids is 3. The Morgan fingerprint density at radius 3 is 1.13 bits per heavy atom. The quantitative estimate of drug-likeness (QED) is 0.106. The Kier molecular flexibility index (Phi) is 18.0. The molecule has 1 aliphatic rings. The first-order valence-electron chi connectivity index (χ1n) is 13.2. The van der Waals surface area contributed by atoms with Crippen LogP contribution in [0.2, 0.25) is 0 Å². The molecule has 39 heavy (non-hydrogen) atoms. The Hall–Kier alpha value is -2.52. The third kappa shape index (κ3) is 18.4. The van der Waals surface area contributed by atoms with Gasteiger partial charge in [0.1, 0.15) is 5.88 Å². The van der Waals surface area contributed by atoms with Crippen molar-refractivity contribution >= 4 is 41.3 Å². The molecule has 0 unspecified atom stereocenters. The van der Waals surface area contributed by atoms with Crippen LogP contribution in [0.5, 0.6) is 0 Å². The second kappa shape index (κ2) is 20.4. The summed E-state index contributed by atoms with van der Waals surface area (Å²) in [5.41, 5.74) is 0. The maximum atomic E-state index is 12.6. The van der Waals surface area contributed by atoms with Gasteiger partial charge in [0.15, 0.2) is 0 Å². The molecule has 5 N–H and O–H groups in total. The first kappa shape index (κ1) is 34.5. The number of nitrogens with one attached hydrogen (secondary N) is 2.